The van der Waals surface area contributed by atoms with Crippen LogP contribution in [-0.4, -0.2) is 12.1 Å². The van der Waals surface area contributed by atoms with Gasteiger partial charge in [0.2, 0.25) is 0 Å². The summed E-state index contributed by atoms with van der Waals surface area (Å²) >= 11 is 0. The molecule has 0 bridgehead atoms. The van der Waals surface area contributed by atoms with Gasteiger partial charge in [-0.2, -0.15) is 0 Å². The van der Waals surface area contributed by atoms with Gasteiger partial charge in [-0.25, -0.2) is 0 Å². The number of hydrogen-bond acceptors (Lipinski definition) is 2. The Morgan fingerprint density at radius 2 is 1.94 bits per heavy atom. The molecule has 0 aliphatic heterocycles. The van der Waals surface area contributed by atoms with Crippen molar-refractivity contribution >= 4 is 0 Å². The summed E-state index contributed by atoms with van der Waals surface area (Å²) in [4.78, 5) is 0. The fraction of sp³-hybridized carbons (Fsp3) is 0.467. The zero-order chi connectivity index (χ0) is 12.1. The molecule has 1 aliphatic rings. The van der Waals surface area contributed by atoms with E-state index < -0.39 is 0 Å². The Kier molecular flexibility index (Phi) is 4.21. The molecule has 0 unspecified atom stereocenters. The third-order valence-electron chi connectivity index (χ3n) is 2.92. The van der Waals surface area contributed by atoms with E-state index in [-0.39, 0.29) is 6.10 Å². The van der Waals surface area contributed by atoms with E-state index in [0.29, 0.717) is 6.04 Å². The van der Waals surface area contributed by atoms with Gasteiger partial charge in [-0.05, 0) is 32.8 Å². The van der Waals surface area contributed by atoms with Crippen molar-refractivity contribution in [2.45, 2.75) is 45.4 Å². The molecule has 0 atom stereocenters. The van der Waals surface area contributed by atoms with Crippen molar-refractivity contribution in [1.29, 1.82) is 0 Å². The van der Waals surface area contributed by atoms with Crippen LogP contribution in [0.2, 0.25) is 0 Å². The third kappa shape index (κ3) is 3.60. The van der Waals surface area contributed by atoms with Crippen LogP contribution in [0.15, 0.2) is 36.4 Å². The molecular formula is C15H21NO. The molecule has 0 fully saturated rings. The molecule has 0 spiro atoms. The maximum Gasteiger partial charge on any atom is 0.124 e. The first-order valence-electron chi connectivity index (χ1n) is 6.38. The van der Waals surface area contributed by atoms with E-state index in [4.69, 9.17) is 4.74 Å². The van der Waals surface area contributed by atoms with E-state index in [1.807, 2.05) is 12.1 Å². The fourth-order valence-electron chi connectivity index (χ4n) is 2.06. The van der Waals surface area contributed by atoms with Gasteiger partial charge in [0, 0.05) is 18.2 Å². The van der Waals surface area contributed by atoms with Gasteiger partial charge in [0.25, 0.3) is 0 Å². The second kappa shape index (κ2) is 5.87. The molecule has 2 nitrogen and oxygen atoms in total. The number of ether oxygens (including phenoxy) is 1. The molecule has 1 aliphatic carbocycles. The molecule has 0 saturated heterocycles. The van der Waals surface area contributed by atoms with E-state index in [0.717, 1.165) is 25.1 Å². The molecule has 1 aromatic carbocycles. The molecule has 2 heteroatoms. The second-order valence-electron chi connectivity index (χ2n) is 4.79. The number of nitrogens with one attached hydrogen (secondary N) is 1. The Hall–Kier alpha value is -1.28. The molecule has 92 valence electrons. The van der Waals surface area contributed by atoms with Crippen molar-refractivity contribution in [3.63, 3.8) is 0 Å². The Morgan fingerprint density at radius 1 is 1.24 bits per heavy atom. The molecule has 2 rings (SSSR count). The highest BCUT2D eigenvalue weighted by Crippen LogP contribution is 2.20. The average Bonchev–Trinajstić information content (AvgIpc) is 2.80. The van der Waals surface area contributed by atoms with Crippen LogP contribution in [0.25, 0.3) is 0 Å². The quantitative estimate of drug-likeness (QED) is 0.785. The predicted molar refractivity (Wildman–Crippen MR) is 71.2 cm³/mol. The summed E-state index contributed by atoms with van der Waals surface area (Å²) in [6.07, 6.45) is 7.01. The van der Waals surface area contributed by atoms with Gasteiger partial charge >= 0.3 is 0 Å². The van der Waals surface area contributed by atoms with Crippen LogP contribution < -0.4 is 10.1 Å². The standard InChI is InChI=1S/C15H21NO/c1-12(2)17-15-10-6-3-7-13(15)11-16-14-8-4-5-9-14/h3-7,10,12,14,16H,8-9,11H2,1-2H3. The Labute approximate surface area is 104 Å². The first-order chi connectivity index (χ1) is 8.25. The smallest absolute Gasteiger partial charge is 0.124 e. The summed E-state index contributed by atoms with van der Waals surface area (Å²) in [5, 5.41) is 3.57. The molecule has 0 aromatic heterocycles. The van der Waals surface area contributed by atoms with Crippen LogP contribution in [0.4, 0.5) is 0 Å². The van der Waals surface area contributed by atoms with Gasteiger partial charge < -0.3 is 10.1 Å². The van der Waals surface area contributed by atoms with Crippen LogP contribution in [0.5, 0.6) is 5.75 Å². The molecule has 0 saturated carbocycles. The Morgan fingerprint density at radius 3 is 2.65 bits per heavy atom. The van der Waals surface area contributed by atoms with Crippen molar-refractivity contribution in [1.82, 2.24) is 5.32 Å². The zero-order valence-corrected chi connectivity index (χ0v) is 10.6. The lowest BCUT2D eigenvalue weighted by Gasteiger charge is -2.16. The highest BCUT2D eigenvalue weighted by atomic mass is 16.5. The summed E-state index contributed by atoms with van der Waals surface area (Å²) in [7, 11) is 0. The van der Waals surface area contributed by atoms with Crippen molar-refractivity contribution in [2.75, 3.05) is 0 Å². The van der Waals surface area contributed by atoms with Gasteiger partial charge in [-0.15, -0.1) is 0 Å². The van der Waals surface area contributed by atoms with E-state index in [1.165, 1.54) is 5.56 Å². The molecular weight excluding hydrogens is 210 g/mol. The number of benzene rings is 1. The van der Waals surface area contributed by atoms with Crippen LogP contribution in [-0.2, 0) is 6.54 Å². The average molecular weight is 231 g/mol. The fourth-order valence-corrected chi connectivity index (χ4v) is 2.06. The molecule has 17 heavy (non-hydrogen) atoms. The maximum atomic E-state index is 5.80. The molecule has 1 aromatic rings. The summed E-state index contributed by atoms with van der Waals surface area (Å²) in [5.74, 6) is 1.00. The lowest BCUT2D eigenvalue weighted by molar-refractivity contribution is 0.239. The maximum absolute atomic E-state index is 5.80. The van der Waals surface area contributed by atoms with Crippen molar-refractivity contribution in [2.24, 2.45) is 0 Å². The van der Waals surface area contributed by atoms with Gasteiger partial charge in [0.1, 0.15) is 5.75 Å². The largest absolute Gasteiger partial charge is 0.491 e. The first kappa shape index (κ1) is 12.2. The van der Waals surface area contributed by atoms with Gasteiger partial charge in [0.05, 0.1) is 6.10 Å². The highest BCUT2D eigenvalue weighted by Gasteiger charge is 2.11. The topological polar surface area (TPSA) is 21.3 Å². The minimum Gasteiger partial charge on any atom is -0.491 e. The van der Waals surface area contributed by atoms with Crippen molar-refractivity contribution < 1.29 is 4.74 Å². The lowest BCUT2D eigenvalue weighted by atomic mass is 10.1. The van der Waals surface area contributed by atoms with E-state index in [9.17, 15) is 0 Å². The van der Waals surface area contributed by atoms with Gasteiger partial charge in [0.15, 0.2) is 0 Å². The van der Waals surface area contributed by atoms with E-state index in [1.54, 1.807) is 0 Å². The number of rotatable bonds is 5. The van der Waals surface area contributed by atoms with Crippen molar-refractivity contribution in [3.8, 4) is 5.75 Å². The third-order valence-corrected chi connectivity index (χ3v) is 2.92. The van der Waals surface area contributed by atoms with Gasteiger partial charge in [-0.3, -0.25) is 0 Å². The Balaban J connectivity index is 1.94. The van der Waals surface area contributed by atoms with Crippen LogP contribution >= 0.6 is 0 Å². The van der Waals surface area contributed by atoms with E-state index in [2.05, 4.69) is 43.4 Å². The van der Waals surface area contributed by atoms with Crippen LogP contribution in [0.1, 0.15) is 32.3 Å². The monoisotopic (exact) mass is 231 g/mol. The predicted octanol–water partition coefficient (Wildman–Crippen LogP) is 3.28. The Bertz CT molecular complexity index is 376. The number of hydrogen-bond donors (Lipinski definition) is 1. The van der Waals surface area contributed by atoms with Crippen LogP contribution in [0.3, 0.4) is 0 Å². The minimum absolute atomic E-state index is 0.226. The normalized spacial score (nSPS) is 15.7. The lowest BCUT2D eigenvalue weighted by Crippen LogP contribution is -2.26. The van der Waals surface area contributed by atoms with Crippen LogP contribution in [0, 0.1) is 0 Å². The summed E-state index contributed by atoms with van der Waals surface area (Å²) in [6, 6.07) is 8.87. The molecule has 0 amide bonds. The highest BCUT2D eigenvalue weighted by molar-refractivity contribution is 5.33. The SMILES string of the molecule is CC(C)Oc1ccccc1CNC1CC=CC1. The van der Waals surface area contributed by atoms with Crippen molar-refractivity contribution in [3.05, 3.63) is 42.0 Å². The number of para-hydroxylation sites is 1. The first-order valence-corrected chi connectivity index (χ1v) is 6.38. The van der Waals surface area contributed by atoms with Gasteiger partial charge in [-0.1, -0.05) is 30.4 Å². The van der Waals surface area contributed by atoms with E-state index >= 15 is 0 Å². The molecule has 0 radical (unpaired) electrons. The molecule has 1 N–H and O–H groups in total. The zero-order valence-electron chi connectivity index (χ0n) is 10.6. The molecule has 0 heterocycles. The minimum atomic E-state index is 0.226. The summed E-state index contributed by atoms with van der Waals surface area (Å²) in [6.45, 7) is 5.01. The summed E-state index contributed by atoms with van der Waals surface area (Å²) in [5.41, 5.74) is 1.24. The summed E-state index contributed by atoms with van der Waals surface area (Å²) < 4.78 is 5.80. The second-order valence-corrected chi connectivity index (χ2v) is 4.79.